The molecule has 1 fully saturated rings. The van der Waals surface area contributed by atoms with Gasteiger partial charge in [0.1, 0.15) is 5.76 Å². The molecule has 1 saturated heterocycles. The zero-order valence-corrected chi connectivity index (χ0v) is 11.9. The van der Waals surface area contributed by atoms with Crippen LogP contribution >= 0.6 is 0 Å². The van der Waals surface area contributed by atoms with E-state index < -0.39 is 0 Å². The Morgan fingerprint density at radius 1 is 1.50 bits per heavy atom. The van der Waals surface area contributed by atoms with Gasteiger partial charge in [0.2, 0.25) is 5.89 Å². The van der Waals surface area contributed by atoms with E-state index in [0.717, 1.165) is 17.6 Å². The number of aryl methyl sites for hydroxylation is 1. The maximum Gasteiger partial charge on any atom is 0.211 e. The van der Waals surface area contributed by atoms with Gasteiger partial charge < -0.3 is 14.6 Å². The summed E-state index contributed by atoms with van der Waals surface area (Å²) in [4.78, 5) is 6.71. The Kier molecular flexibility index (Phi) is 4.40. The number of hydrogen-bond acceptors (Lipinski definition) is 4. The molecule has 2 heterocycles. The minimum absolute atomic E-state index is 0.181. The summed E-state index contributed by atoms with van der Waals surface area (Å²) in [6.45, 7) is 8.75. The Morgan fingerprint density at radius 3 is 2.89 bits per heavy atom. The van der Waals surface area contributed by atoms with E-state index in [1.54, 1.807) is 6.20 Å². The van der Waals surface area contributed by atoms with E-state index in [9.17, 15) is 0 Å². The van der Waals surface area contributed by atoms with Crippen LogP contribution in [-0.4, -0.2) is 36.1 Å². The number of likely N-dealkylation sites (tertiary alicyclic amines) is 1. The fourth-order valence-electron chi connectivity index (χ4n) is 2.79. The van der Waals surface area contributed by atoms with Crippen LogP contribution < -0.4 is 5.32 Å². The van der Waals surface area contributed by atoms with Crippen LogP contribution in [0.2, 0.25) is 0 Å². The predicted octanol–water partition coefficient (Wildman–Crippen LogP) is 2.36. The molecule has 2 rings (SSSR count). The van der Waals surface area contributed by atoms with Gasteiger partial charge in [0.15, 0.2) is 0 Å². The van der Waals surface area contributed by atoms with Gasteiger partial charge in [-0.2, -0.15) is 0 Å². The second-order valence-corrected chi connectivity index (χ2v) is 5.65. The number of aromatic nitrogens is 1. The van der Waals surface area contributed by atoms with E-state index in [2.05, 4.69) is 36.1 Å². The summed E-state index contributed by atoms with van der Waals surface area (Å²) in [5.41, 5.74) is 0. The van der Waals surface area contributed by atoms with E-state index in [1.165, 1.54) is 25.9 Å². The van der Waals surface area contributed by atoms with E-state index >= 15 is 0 Å². The molecule has 0 aliphatic carbocycles. The lowest BCUT2D eigenvalue weighted by atomic mass is 9.91. The van der Waals surface area contributed by atoms with Crippen LogP contribution in [0.4, 0.5) is 0 Å². The first-order valence-electron chi connectivity index (χ1n) is 6.93. The van der Waals surface area contributed by atoms with Crippen LogP contribution in [0.1, 0.15) is 44.4 Å². The average molecular weight is 251 g/mol. The Balaban J connectivity index is 1.88. The molecule has 1 aliphatic heterocycles. The summed E-state index contributed by atoms with van der Waals surface area (Å²) >= 11 is 0. The third-order valence-electron chi connectivity index (χ3n) is 3.89. The third kappa shape index (κ3) is 3.33. The van der Waals surface area contributed by atoms with Crippen LogP contribution in [-0.2, 0) is 0 Å². The Labute approximate surface area is 110 Å². The first-order valence-corrected chi connectivity index (χ1v) is 6.93. The maximum atomic E-state index is 5.57. The first-order chi connectivity index (χ1) is 8.56. The van der Waals surface area contributed by atoms with Gasteiger partial charge in [-0.3, -0.25) is 0 Å². The summed E-state index contributed by atoms with van der Waals surface area (Å²) in [6.07, 6.45) is 4.40. The van der Waals surface area contributed by atoms with Crippen molar-refractivity contribution >= 4 is 0 Å². The summed E-state index contributed by atoms with van der Waals surface area (Å²) in [7, 11) is 2.21. The van der Waals surface area contributed by atoms with Crippen LogP contribution in [0.25, 0.3) is 0 Å². The minimum Gasteiger partial charge on any atom is -0.444 e. The van der Waals surface area contributed by atoms with Gasteiger partial charge in [-0.15, -0.1) is 0 Å². The van der Waals surface area contributed by atoms with Gasteiger partial charge in [-0.25, -0.2) is 4.98 Å². The van der Waals surface area contributed by atoms with Crippen molar-refractivity contribution in [1.29, 1.82) is 0 Å². The van der Waals surface area contributed by atoms with Crippen molar-refractivity contribution in [1.82, 2.24) is 15.2 Å². The predicted molar refractivity (Wildman–Crippen MR) is 72.5 cm³/mol. The quantitative estimate of drug-likeness (QED) is 0.892. The van der Waals surface area contributed by atoms with Gasteiger partial charge in [-0.1, -0.05) is 0 Å². The zero-order valence-electron chi connectivity index (χ0n) is 11.9. The number of rotatable bonds is 4. The summed E-state index contributed by atoms with van der Waals surface area (Å²) in [6, 6.07) is 0.677. The smallest absolute Gasteiger partial charge is 0.211 e. The molecule has 4 heteroatoms. The molecule has 0 aromatic carbocycles. The molecule has 18 heavy (non-hydrogen) atoms. The average Bonchev–Trinajstić information content (AvgIpc) is 2.76. The van der Waals surface area contributed by atoms with Crippen molar-refractivity contribution in [2.75, 3.05) is 20.1 Å². The van der Waals surface area contributed by atoms with Crippen molar-refractivity contribution in [3.05, 3.63) is 17.8 Å². The van der Waals surface area contributed by atoms with Crippen LogP contribution in [0.15, 0.2) is 10.6 Å². The fraction of sp³-hybridized carbons (Fsp3) is 0.786. The number of piperidine rings is 1. The van der Waals surface area contributed by atoms with Gasteiger partial charge >= 0.3 is 0 Å². The van der Waals surface area contributed by atoms with Gasteiger partial charge in [0.25, 0.3) is 0 Å². The Morgan fingerprint density at radius 2 is 2.28 bits per heavy atom. The lowest BCUT2D eigenvalue weighted by molar-refractivity contribution is 0.171. The van der Waals surface area contributed by atoms with Crippen LogP contribution in [0, 0.1) is 12.8 Å². The molecule has 3 unspecified atom stereocenters. The lowest BCUT2D eigenvalue weighted by Gasteiger charge is -2.34. The highest BCUT2D eigenvalue weighted by Gasteiger charge is 2.24. The van der Waals surface area contributed by atoms with E-state index in [1.807, 2.05) is 6.92 Å². The molecular weight excluding hydrogens is 226 g/mol. The van der Waals surface area contributed by atoms with E-state index in [0.29, 0.717) is 6.04 Å². The fourth-order valence-corrected chi connectivity index (χ4v) is 2.79. The highest BCUT2D eigenvalue weighted by molar-refractivity contribution is 4.96. The lowest BCUT2D eigenvalue weighted by Crippen LogP contribution is -2.43. The topological polar surface area (TPSA) is 41.3 Å². The van der Waals surface area contributed by atoms with Crippen molar-refractivity contribution in [3.8, 4) is 0 Å². The molecule has 1 aromatic heterocycles. The first kappa shape index (κ1) is 13.6. The number of nitrogens with one attached hydrogen (secondary N) is 1. The molecule has 0 spiro atoms. The van der Waals surface area contributed by atoms with Crippen molar-refractivity contribution in [2.24, 2.45) is 5.92 Å². The molecule has 4 nitrogen and oxygen atoms in total. The largest absolute Gasteiger partial charge is 0.444 e. The SMILES string of the molecule is Cc1cnc(C(C)NC(C)C2CCCN(C)C2)o1. The van der Waals surface area contributed by atoms with Crippen molar-refractivity contribution in [3.63, 3.8) is 0 Å². The summed E-state index contributed by atoms with van der Waals surface area (Å²) in [5, 5.41) is 3.62. The molecule has 0 saturated carbocycles. The van der Waals surface area contributed by atoms with E-state index in [-0.39, 0.29) is 6.04 Å². The second kappa shape index (κ2) is 5.85. The molecule has 0 bridgehead atoms. The van der Waals surface area contributed by atoms with Gasteiger partial charge in [-0.05, 0) is 53.1 Å². The molecule has 0 amide bonds. The summed E-state index contributed by atoms with van der Waals surface area (Å²) in [5.74, 6) is 2.40. The summed E-state index contributed by atoms with van der Waals surface area (Å²) < 4.78 is 5.57. The molecule has 102 valence electrons. The normalized spacial score (nSPS) is 25.0. The number of hydrogen-bond donors (Lipinski definition) is 1. The van der Waals surface area contributed by atoms with Gasteiger partial charge in [0, 0.05) is 12.6 Å². The van der Waals surface area contributed by atoms with Crippen molar-refractivity contribution < 1.29 is 4.42 Å². The second-order valence-electron chi connectivity index (χ2n) is 5.65. The van der Waals surface area contributed by atoms with Crippen LogP contribution in [0.3, 0.4) is 0 Å². The monoisotopic (exact) mass is 251 g/mol. The molecular formula is C14H25N3O. The van der Waals surface area contributed by atoms with E-state index in [4.69, 9.17) is 4.42 Å². The molecule has 1 aromatic rings. The molecule has 1 aliphatic rings. The highest BCUT2D eigenvalue weighted by atomic mass is 16.4. The third-order valence-corrected chi connectivity index (χ3v) is 3.89. The Hall–Kier alpha value is -0.870. The van der Waals surface area contributed by atoms with Crippen LogP contribution in [0.5, 0.6) is 0 Å². The molecule has 0 radical (unpaired) electrons. The standard InChI is InChI=1S/C14H25N3O/c1-10-8-15-14(18-10)12(3)16-11(2)13-6-5-7-17(4)9-13/h8,11-13,16H,5-7,9H2,1-4H3. The van der Waals surface area contributed by atoms with Crippen molar-refractivity contribution in [2.45, 2.75) is 45.7 Å². The highest BCUT2D eigenvalue weighted by Crippen LogP contribution is 2.21. The minimum atomic E-state index is 0.181. The van der Waals surface area contributed by atoms with Gasteiger partial charge in [0.05, 0.1) is 12.2 Å². The number of oxazole rings is 1. The Bertz CT molecular complexity index is 377. The number of nitrogens with zero attached hydrogens (tertiary/aromatic N) is 2. The zero-order chi connectivity index (χ0) is 13.1. The maximum absolute atomic E-state index is 5.57. The molecule has 3 atom stereocenters. The molecule has 1 N–H and O–H groups in total.